The summed E-state index contributed by atoms with van der Waals surface area (Å²) in [6.45, 7) is 0.457. The van der Waals surface area contributed by atoms with Crippen molar-refractivity contribution < 1.29 is 9.47 Å². The van der Waals surface area contributed by atoms with E-state index in [0.29, 0.717) is 39.9 Å². The number of para-hydroxylation sites is 2. The highest BCUT2D eigenvalue weighted by Gasteiger charge is 2.11. The molecule has 0 bridgehead atoms. The maximum atomic E-state index is 6.20. The van der Waals surface area contributed by atoms with E-state index in [4.69, 9.17) is 33.3 Å². The number of hydrogen-bond donors (Lipinski definition) is 2. The Balaban J connectivity index is 1.51. The van der Waals surface area contributed by atoms with E-state index in [-0.39, 0.29) is 5.95 Å². The summed E-state index contributed by atoms with van der Waals surface area (Å²) >= 11 is 11.6. The van der Waals surface area contributed by atoms with Crippen LogP contribution in [-0.2, 0) is 6.54 Å². The van der Waals surface area contributed by atoms with Crippen LogP contribution in [0.5, 0.6) is 23.3 Å². The maximum absolute atomic E-state index is 6.20. The number of thiocarbonyl (C=S) groups is 1. The van der Waals surface area contributed by atoms with Crippen LogP contribution in [0.4, 0.5) is 5.95 Å². The van der Waals surface area contributed by atoms with Crippen LogP contribution in [0.25, 0.3) is 0 Å². The Morgan fingerprint density at radius 2 is 1.31 bits per heavy atom. The molecule has 3 aromatic carbocycles. The Kier molecular flexibility index (Phi) is 7.12. The predicted octanol–water partition coefficient (Wildman–Crippen LogP) is 6.20. The van der Waals surface area contributed by atoms with Gasteiger partial charge < -0.3 is 20.1 Å². The largest absolute Gasteiger partial charge is 0.439 e. The Labute approximate surface area is 196 Å². The van der Waals surface area contributed by atoms with Crippen molar-refractivity contribution in [2.45, 2.75) is 6.54 Å². The minimum Gasteiger partial charge on any atom is -0.439 e. The lowest BCUT2D eigenvalue weighted by molar-refractivity contribution is 0.435. The van der Waals surface area contributed by atoms with Crippen molar-refractivity contribution in [2.24, 2.45) is 0 Å². The van der Waals surface area contributed by atoms with Gasteiger partial charge in [-0.2, -0.15) is 9.97 Å². The average molecular weight is 463 g/mol. The molecule has 0 saturated carbocycles. The molecule has 0 amide bonds. The van der Waals surface area contributed by atoms with Gasteiger partial charge in [-0.15, -0.1) is 0 Å². The van der Waals surface area contributed by atoms with Crippen molar-refractivity contribution in [1.29, 1.82) is 0 Å². The zero-order valence-electron chi connectivity index (χ0n) is 16.9. The monoisotopic (exact) mass is 462 g/mol. The first-order chi connectivity index (χ1) is 15.7. The normalized spacial score (nSPS) is 10.3. The first kappa shape index (κ1) is 21.5. The highest BCUT2D eigenvalue weighted by atomic mass is 35.5. The van der Waals surface area contributed by atoms with E-state index in [2.05, 4.69) is 20.6 Å². The van der Waals surface area contributed by atoms with E-state index in [1.54, 1.807) is 6.07 Å². The molecular formula is C24H19ClN4O2S. The molecule has 0 spiro atoms. The molecule has 160 valence electrons. The van der Waals surface area contributed by atoms with E-state index >= 15 is 0 Å². The molecule has 2 N–H and O–H groups in total. The van der Waals surface area contributed by atoms with Crippen molar-refractivity contribution in [3.05, 3.63) is 102 Å². The summed E-state index contributed by atoms with van der Waals surface area (Å²) in [6, 6.07) is 27.8. The van der Waals surface area contributed by atoms with Crippen LogP contribution in [0.3, 0.4) is 0 Å². The third kappa shape index (κ3) is 6.16. The van der Waals surface area contributed by atoms with E-state index in [1.807, 2.05) is 84.9 Å². The fourth-order valence-electron chi connectivity index (χ4n) is 2.75. The number of rotatable bonds is 7. The minimum atomic E-state index is 0.237. The number of benzene rings is 3. The number of nitrogens with one attached hydrogen (secondary N) is 2. The smallest absolute Gasteiger partial charge is 0.235 e. The average Bonchev–Trinajstić information content (AvgIpc) is 2.80. The Morgan fingerprint density at radius 3 is 1.88 bits per heavy atom. The lowest BCUT2D eigenvalue weighted by Gasteiger charge is -2.13. The van der Waals surface area contributed by atoms with Gasteiger partial charge in [0.1, 0.15) is 11.5 Å². The van der Waals surface area contributed by atoms with Gasteiger partial charge in [-0.3, -0.25) is 0 Å². The quantitative estimate of drug-likeness (QED) is 0.317. The van der Waals surface area contributed by atoms with Gasteiger partial charge in [0, 0.05) is 11.6 Å². The Morgan fingerprint density at radius 1 is 0.781 bits per heavy atom. The second kappa shape index (κ2) is 10.6. The molecule has 32 heavy (non-hydrogen) atoms. The number of ether oxygens (including phenoxy) is 2. The molecule has 0 fully saturated rings. The standard InChI is InChI=1S/C24H19ClN4O2S/c25-20-14-8-7-9-17(20)16-26-24(32)29-23-27-21(30-18-10-3-1-4-11-18)15-22(28-23)31-19-12-5-2-6-13-19/h1-15H,16H2,(H2,26,27,28,29,32). The molecule has 0 saturated heterocycles. The molecule has 4 rings (SSSR count). The number of hydrogen-bond acceptors (Lipinski definition) is 5. The predicted molar refractivity (Wildman–Crippen MR) is 130 cm³/mol. The van der Waals surface area contributed by atoms with Gasteiger partial charge in [-0.25, -0.2) is 0 Å². The molecule has 8 heteroatoms. The topological polar surface area (TPSA) is 68.3 Å². The molecule has 1 heterocycles. The Bertz CT molecular complexity index is 1130. The lowest BCUT2D eigenvalue weighted by atomic mass is 10.2. The first-order valence-electron chi connectivity index (χ1n) is 9.79. The molecule has 1 aromatic heterocycles. The van der Waals surface area contributed by atoms with E-state index < -0.39 is 0 Å². The van der Waals surface area contributed by atoms with Crippen molar-refractivity contribution in [3.63, 3.8) is 0 Å². The minimum absolute atomic E-state index is 0.237. The van der Waals surface area contributed by atoms with Gasteiger partial charge in [0.15, 0.2) is 5.11 Å². The molecule has 0 aliphatic rings. The molecule has 0 radical (unpaired) electrons. The fourth-order valence-corrected chi connectivity index (χ4v) is 3.11. The molecule has 0 aliphatic carbocycles. The third-order valence-electron chi connectivity index (χ3n) is 4.23. The van der Waals surface area contributed by atoms with Gasteiger partial charge in [0.2, 0.25) is 17.7 Å². The van der Waals surface area contributed by atoms with Gasteiger partial charge in [-0.1, -0.05) is 66.2 Å². The molecule has 4 aromatic rings. The van der Waals surface area contributed by atoms with Crippen LogP contribution in [0.1, 0.15) is 5.56 Å². The van der Waals surface area contributed by atoms with Crippen LogP contribution < -0.4 is 20.1 Å². The van der Waals surface area contributed by atoms with Crippen LogP contribution in [-0.4, -0.2) is 15.1 Å². The zero-order chi connectivity index (χ0) is 22.2. The van der Waals surface area contributed by atoms with E-state index in [9.17, 15) is 0 Å². The molecular weight excluding hydrogens is 444 g/mol. The second-order valence-corrected chi connectivity index (χ2v) is 7.41. The summed E-state index contributed by atoms with van der Waals surface area (Å²) in [6.07, 6.45) is 0. The number of halogens is 1. The van der Waals surface area contributed by atoms with E-state index in [1.165, 1.54) is 0 Å². The zero-order valence-corrected chi connectivity index (χ0v) is 18.4. The molecule has 0 unspecified atom stereocenters. The summed E-state index contributed by atoms with van der Waals surface area (Å²) in [7, 11) is 0. The van der Waals surface area contributed by atoms with Gasteiger partial charge in [-0.05, 0) is 48.1 Å². The van der Waals surface area contributed by atoms with E-state index in [0.717, 1.165) is 5.56 Å². The summed E-state index contributed by atoms with van der Waals surface area (Å²) in [5.41, 5.74) is 0.925. The highest BCUT2D eigenvalue weighted by Crippen LogP contribution is 2.27. The van der Waals surface area contributed by atoms with Crippen molar-refractivity contribution in [3.8, 4) is 23.3 Å². The second-order valence-electron chi connectivity index (χ2n) is 6.60. The summed E-state index contributed by atoms with van der Waals surface area (Å²) in [5, 5.41) is 7.08. The molecule has 0 atom stereocenters. The van der Waals surface area contributed by atoms with Crippen molar-refractivity contribution in [1.82, 2.24) is 15.3 Å². The SMILES string of the molecule is S=C(NCc1ccccc1Cl)Nc1nc(Oc2ccccc2)cc(Oc2ccccc2)n1. The summed E-state index contributed by atoms with van der Waals surface area (Å²) in [4.78, 5) is 8.81. The van der Waals surface area contributed by atoms with Crippen molar-refractivity contribution >= 4 is 34.9 Å². The maximum Gasteiger partial charge on any atom is 0.235 e. The van der Waals surface area contributed by atoms with Crippen LogP contribution in [0.2, 0.25) is 5.02 Å². The van der Waals surface area contributed by atoms with Crippen molar-refractivity contribution in [2.75, 3.05) is 5.32 Å². The summed E-state index contributed by atoms with van der Waals surface area (Å²) in [5.74, 6) is 2.15. The number of aromatic nitrogens is 2. The van der Waals surface area contributed by atoms with Gasteiger partial charge >= 0.3 is 0 Å². The number of nitrogens with zero attached hydrogens (tertiary/aromatic N) is 2. The highest BCUT2D eigenvalue weighted by molar-refractivity contribution is 7.80. The van der Waals surface area contributed by atoms with Crippen LogP contribution in [0.15, 0.2) is 91.0 Å². The van der Waals surface area contributed by atoms with Gasteiger partial charge in [0.25, 0.3) is 0 Å². The van der Waals surface area contributed by atoms with Crippen LogP contribution >= 0.6 is 23.8 Å². The Hall–Kier alpha value is -3.68. The first-order valence-corrected chi connectivity index (χ1v) is 10.6. The fraction of sp³-hybridized carbons (Fsp3) is 0.0417. The van der Waals surface area contributed by atoms with Crippen LogP contribution in [0, 0.1) is 0 Å². The molecule has 6 nitrogen and oxygen atoms in total. The lowest BCUT2D eigenvalue weighted by Crippen LogP contribution is -2.28. The number of anilines is 1. The van der Waals surface area contributed by atoms with Gasteiger partial charge in [0.05, 0.1) is 6.07 Å². The third-order valence-corrected chi connectivity index (χ3v) is 4.85. The molecule has 0 aliphatic heterocycles. The summed E-state index contributed by atoms with van der Waals surface area (Å²) < 4.78 is 11.7.